The van der Waals surface area contributed by atoms with E-state index < -0.39 is 5.97 Å². The molecule has 0 unspecified atom stereocenters. The van der Waals surface area contributed by atoms with Gasteiger partial charge in [0.25, 0.3) is 0 Å². The van der Waals surface area contributed by atoms with Gasteiger partial charge in [0.15, 0.2) is 5.78 Å². The van der Waals surface area contributed by atoms with E-state index in [0.717, 1.165) is 33.6 Å². The monoisotopic (exact) mass is 417 g/mol. The van der Waals surface area contributed by atoms with Crippen LogP contribution >= 0.6 is 0 Å². The smallest absolute Gasteiger partial charge is 0.307 e. The molecule has 31 heavy (non-hydrogen) atoms. The summed E-state index contributed by atoms with van der Waals surface area (Å²) in [5, 5.41) is 9.18. The molecule has 0 aliphatic carbocycles. The van der Waals surface area contributed by atoms with E-state index in [1.807, 2.05) is 30.3 Å². The molecule has 4 rings (SSSR count). The first-order chi connectivity index (χ1) is 15.0. The largest absolute Gasteiger partial charge is 0.489 e. The minimum atomic E-state index is -0.957. The van der Waals surface area contributed by atoms with Crippen LogP contribution in [0.25, 0.3) is 11.1 Å². The van der Waals surface area contributed by atoms with Crippen molar-refractivity contribution in [3.8, 4) is 22.6 Å². The highest BCUT2D eigenvalue weighted by Crippen LogP contribution is 2.40. The van der Waals surface area contributed by atoms with E-state index in [1.54, 1.807) is 18.2 Å². The van der Waals surface area contributed by atoms with Crippen molar-refractivity contribution in [2.24, 2.45) is 5.73 Å². The van der Waals surface area contributed by atoms with Crippen LogP contribution in [0.3, 0.4) is 0 Å². The number of ether oxygens (including phenoxy) is 2. The third-order valence-corrected chi connectivity index (χ3v) is 5.36. The third kappa shape index (κ3) is 4.29. The molecule has 3 aromatic rings. The predicted molar refractivity (Wildman–Crippen MR) is 116 cm³/mol. The van der Waals surface area contributed by atoms with Crippen LogP contribution in [0, 0.1) is 0 Å². The number of carboxylic acids is 1. The van der Waals surface area contributed by atoms with E-state index in [9.17, 15) is 14.7 Å². The second-order valence-electron chi connectivity index (χ2n) is 7.52. The SMILES string of the molecule is CC(=O)c1ccc(CC(=O)O)c(OCc2ccc3c(c2)-c2cccc(CN)c2OC3)c1. The fraction of sp³-hybridized carbons (Fsp3) is 0.200. The summed E-state index contributed by atoms with van der Waals surface area (Å²) in [6, 6.07) is 16.8. The van der Waals surface area contributed by atoms with Gasteiger partial charge >= 0.3 is 5.97 Å². The van der Waals surface area contributed by atoms with Gasteiger partial charge in [-0.25, -0.2) is 0 Å². The summed E-state index contributed by atoms with van der Waals surface area (Å²) in [7, 11) is 0. The predicted octanol–water partition coefficient (Wildman–Crippen LogP) is 4.11. The maximum absolute atomic E-state index is 11.7. The van der Waals surface area contributed by atoms with Crippen molar-refractivity contribution in [2.75, 3.05) is 0 Å². The molecule has 3 N–H and O–H groups in total. The van der Waals surface area contributed by atoms with Gasteiger partial charge in [0.05, 0.1) is 6.42 Å². The van der Waals surface area contributed by atoms with E-state index in [-0.39, 0.29) is 18.8 Å². The maximum Gasteiger partial charge on any atom is 0.307 e. The molecule has 0 fully saturated rings. The van der Waals surface area contributed by atoms with Crippen LogP contribution < -0.4 is 15.2 Å². The van der Waals surface area contributed by atoms with Crippen molar-refractivity contribution >= 4 is 11.8 Å². The lowest BCUT2D eigenvalue weighted by Crippen LogP contribution is -2.10. The molecule has 0 radical (unpaired) electrons. The molecule has 1 aliphatic heterocycles. The van der Waals surface area contributed by atoms with E-state index in [1.165, 1.54) is 6.92 Å². The Bertz CT molecular complexity index is 1170. The molecule has 0 amide bonds. The van der Waals surface area contributed by atoms with Gasteiger partial charge in [-0.3, -0.25) is 9.59 Å². The van der Waals surface area contributed by atoms with Crippen molar-refractivity contribution in [2.45, 2.75) is 33.1 Å². The Morgan fingerprint density at radius 1 is 1.06 bits per heavy atom. The lowest BCUT2D eigenvalue weighted by molar-refractivity contribution is -0.136. The van der Waals surface area contributed by atoms with Crippen molar-refractivity contribution < 1.29 is 24.2 Å². The molecule has 0 saturated carbocycles. The van der Waals surface area contributed by atoms with Crippen LogP contribution in [0.1, 0.15) is 39.5 Å². The zero-order valence-electron chi connectivity index (χ0n) is 17.2. The molecule has 1 aliphatic rings. The quantitative estimate of drug-likeness (QED) is 0.561. The van der Waals surface area contributed by atoms with Crippen LogP contribution in [-0.2, 0) is 31.0 Å². The van der Waals surface area contributed by atoms with Crippen LogP contribution in [-0.4, -0.2) is 16.9 Å². The summed E-state index contributed by atoms with van der Waals surface area (Å²) in [5.41, 5.74) is 11.9. The Morgan fingerprint density at radius 2 is 1.90 bits per heavy atom. The van der Waals surface area contributed by atoms with E-state index in [2.05, 4.69) is 6.07 Å². The van der Waals surface area contributed by atoms with Crippen molar-refractivity contribution in [1.29, 1.82) is 0 Å². The highest BCUT2D eigenvalue weighted by molar-refractivity contribution is 5.94. The van der Waals surface area contributed by atoms with Gasteiger partial charge in [-0.15, -0.1) is 0 Å². The first kappa shape index (κ1) is 20.6. The van der Waals surface area contributed by atoms with Crippen LogP contribution in [0.5, 0.6) is 11.5 Å². The standard InChI is InChI=1S/C25H23NO5/c1-15(27)17-7-8-18(11-24(28)29)23(10-17)30-13-16-5-6-20-14-31-25-19(12-26)3-2-4-21(25)22(20)9-16/h2-10H,11-14,26H2,1H3,(H,28,29). The summed E-state index contributed by atoms with van der Waals surface area (Å²) in [4.78, 5) is 22.9. The first-order valence-corrected chi connectivity index (χ1v) is 10.0. The number of para-hydroxylation sites is 1. The molecule has 0 atom stereocenters. The zero-order chi connectivity index (χ0) is 22.0. The molecule has 6 heteroatoms. The second kappa shape index (κ2) is 8.62. The number of benzene rings is 3. The average Bonchev–Trinajstić information content (AvgIpc) is 2.77. The second-order valence-corrected chi connectivity index (χ2v) is 7.52. The fourth-order valence-corrected chi connectivity index (χ4v) is 3.75. The van der Waals surface area contributed by atoms with Crippen LogP contribution in [0.2, 0.25) is 0 Å². The number of fused-ring (bicyclic) bond motifs is 3. The highest BCUT2D eigenvalue weighted by atomic mass is 16.5. The van der Waals surface area contributed by atoms with Gasteiger partial charge in [-0.1, -0.05) is 42.5 Å². The minimum Gasteiger partial charge on any atom is -0.489 e. The molecule has 0 aromatic heterocycles. The number of hydrogen-bond donors (Lipinski definition) is 2. The van der Waals surface area contributed by atoms with Gasteiger partial charge < -0.3 is 20.3 Å². The van der Waals surface area contributed by atoms with E-state index in [4.69, 9.17) is 15.2 Å². The summed E-state index contributed by atoms with van der Waals surface area (Å²) in [6.45, 7) is 2.59. The number of carbonyl (C=O) groups is 2. The summed E-state index contributed by atoms with van der Waals surface area (Å²) in [5.74, 6) is 0.157. The number of carbonyl (C=O) groups excluding carboxylic acids is 1. The molecule has 3 aromatic carbocycles. The molecule has 0 bridgehead atoms. The number of rotatable bonds is 7. The van der Waals surface area contributed by atoms with Gasteiger partial charge in [-0.05, 0) is 35.7 Å². The molecule has 158 valence electrons. The molecular weight excluding hydrogens is 394 g/mol. The van der Waals surface area contributed by atoms with Crippen molar-refractivity contribution in [1.82, 2.24) is 0 Å². The van der Waals surface area contributed by atoms with Gasteiger partial charge in [0, 0.05) is 28.8 Å². The van der Waals surface area contributed by atoms with E-state index >= 15 is 0 Å². The Morgan fingerprint density at radius 3 is 2.65 bits per heavy atom. The fourth-order valence-electron chi connectivity index (χ4n) is 3.75. The summed E-state index contributed by atoms with van der Waals surface area (Å²) >= 11 is 0. The Kier molecular flexibility index (Phi) is 5.73. The highest BCUT2D eigenvalue weighted by Gasteiger charge is 2.20. The van der Waals surface area contributed by atoms with Crippen LogP contribution in [0.15, 0.2) is 54.6 Å². The first-order valence-electron chi connectivity index (χ1n) is 10.0. The maximum atomic E-state index is 11.7. The van der Waals surface area contributed by atoms with Gasteiger partial charge in [0.2, 0.25) is 0 Å². The van der Waals surface area contributed by atoms with Crippen molar-refractivity contribution in [3.05, 3.63) is 82.4 Å². The Balaban J connectivity index is 1.63. The number of Topliss-reactive ketones (excluding diaryl/α,β-unsaturated/α-hetero) is 1. The number of hydrogen-bond acceptors (Lipinski definition) is 5. The lowest BCUT2D eigenvalue weighted by atomic mass is 9.93. The lowest BCUT2D eigenvalue weighted by Gasteiger charge is -2.23. The Hall–Kier alpha value is -3.64. The summed E-state index contributed by atoms with van der Waals surface area (Å²) in [6.07, 6.45) is -0.176. The number of aliphatic carboxylic acids is 1. The summed E-state index contributed by atoms with van der Waals surface area (Å²) < 4.78 is 11.9. The zero-order valence-corrected chi connectivity index (χ0v) is 17.2. The molecule has 0 saturated heterocycles. The third-order valence-electron chi connectivity index (χ3n) is 5.36. The normalized spacial score (nSPS) is 11.8. The number of nitrogens with two attached hydrogens (primary N) is 1. The molecule has 1 heterocycles. The van der Waals surface area contributed by atoms with Crippen molar-refractivity contribution in [3.63, 3.8) is 0 Å². The van der Waals surface area contributed by atoms with Gasteiger partial charge in [0.1, 0.15) is 24.7 Å². The Labute approximate surface area is 180 Å². The topological polar surface area (TPSA) is 98.9 Å². The molecular formula is C25H23NO5. The molecule has 0 spiro atoms. The number of ketones is 1. The minimum absolute atomic E-state index is 0.104. The van der Waals surface area contributed by atoms with Crippen LogP contribution in [0.4, 0.5) is 0 Å². The average molecular weight is 417 g/mol. The van der Waals surface area contributed by atoms with E-state index in [0.29, 0.717) is 30.0 Å². The number of carboxylic acid groups (broad SMARTS) is 1. The molecule has 6 nitrogen and oxygen atoms in total. The van der Waals surface area contributed by atoms with Gasteiger partial charge in [-0.2, -0.15) is 0 Å².